The Bertz CT molecular complexity index is 446. The molecule has 0 heterocycles. The lowest BCUT2D eigenvalue weighted by molar-refractivity contribution is -0.125. The van der Waals surface area contributed by atoms with E-state index < -0.39 is 0 Å². The number of rotatable bonds is 7. The van der Waals surface area contributed by atoms with Crippen LogP contribution in [0.4, 0.5) is 0 Å². The second-order valence-corrected chi connectivity index (χ2v) is 5.18. The van der Waals surface area contributed by atoms with Crippen molar-refractivity contribution in [2.75, 3.05) is 20.2 Å². The minimum Gasteiger partial charge on any atom is -0.496 e. The highest BCUT2D eigenvalue weighted by atomic mass is 16.5. The van der Waals surface area contributed by atoms with Crippen LogP contribution in [-0.2, 0) is 4.79 Å². The van der Waals surface area contributed by atoms with Crippen LogP contribution in [0.2, 0.25) is 0 Å². The predicted octanol–water partition coefficient (Wildman–Crippen LogP) is 2.43. The van der Waals surface area contributed by atoms with Crippen LogP contribution in [0.1, 0.15) is 37.9 Å². The van der Waals surface area contributed by atoms with Gasteiger partial charge in [0.25, 0.3) is 0 Å². The Kier molecular flexibility index (Phi) is 6.52. The zero-order chi connectivity index (χ0) is 15.1. The molecule has 1 amide bonds. The van der Waals surface area contributed by atoms with Crippen LogP contribution in [-0.4, -0.2) is 26.1 Å². The lowest BCUT2D eigenvalue weighted by Gasteiger charge is -2.20. The van der Waals surface area contributed by atoms with E-state index in [1.54, 1.807) is 7.11 Å². The van der Waals surface area contributed by atoms with Crippen molar-refractivity contribution in [1.29, 1.82) is 0 Å². The van der Waals surface area contributed by atoms with Gasteiger partial charge in [-0.25, -0.2) is 0 Å². The third-order valence-corrected chi connectivity index (χ3v) is 3.36. The summed E-state index contributed by atoms with van der Waals surface area (Å²) in [5.74, 6) is 0.818. The molecule has 112 valence electrons. The third kappa shape index (κ3) is 4.53. The zero-order valence-corrected chi connectivity index (χ0v) is 13.1. The summed E-state index contributed by atoms with van der Waals surface area (Å²) in [5, 5.41) is 6.24. The van der Waals surface area contributed by atoms with Crippen molar-refractivity contribution in [2.24, 2.45) is 5.92 Å². The number of nitrogens with one attached hydrogen (secondary N) is 2. The maximum absolute atomic E-state index is 12.1. The fourth-order valence-electron chi connectivity index (χ4n) is 2.08. The van der Waals surface area contributed by atoms with Crippen LogP contribution in [0.15, 0.2) is 18.2 Å². The van der Waals surface area contributed by atoms with E-state index >= 15 is 0 Å². The molecule has 0 aliphatic rings. The Morgan fingerprint density at radius 2 is 2.05 bits per heavy atom. The molecule has 1 aromatic carbocycles. The fourth-order valence-corrected chi connectivity index (χ4v) is 2.08. The van der Waals surface area contributed by atoms with Gasteiger partial charge in [0.1, 0.15) is 5.75 Å². The largest absolute Gasteiger partial charge is 0.496 e. The number of carbonyl (C=O) groups is 1. The number of hydrogen-bond acceptors (Lipinski definition) is 3. The molecule has 0 saturated heterocycles. The highest BCUT2D eigenvalue weighted by Crippen LogP contribution is 2.26. The maximum atomic E-state index is 12.1. The Morgan fingerprint density at radius 1 is 1.35 bits per heavy atom. The summed E-state index contributed by atoms with van der Waals surface area (Å²) in [6, 6.07) is 5.93. The van der Waals surface area contributed by atoms with Crippen LogP contribution in [0.25, 0.3) is 0 Å². The zero-order valence-electron chi connectivity index (χ0n) is 13.1. The first-order valence-electron chi connectivity index (χ1n) is 7.15. The van der Waals surface area contributed by atoms with E-state index in [1.807, 2.05) is 39.8 Å². The lowest BCUT2D eigenvalue weighted by Crippen LogP contribution is -2.36. The van der Waals surface area contributed by atoms with Crippen molar-refractivity contribution < 1.29 is 9.53 Å². The average Bonchev–Trinajstić information content (AvgIpc) is 2.44. The second-order valence-electron chi connectivity index (χ2n) is 5.18. The Balaban J connectivity index is 2.73. The van der Waals surface area contributed by atoms with E-state index in [0.29, 0.717) is 6.54 Å². The summed E-state index contributed by atoms with van der Waals surface area (Å²) >= 11 is 0. The van der Waals surface area contributed by atoms with Crippen LogP contribution in [0, 0.1) is 12.8 Å². The fraction of sp³-hybridized carbons (Fsp3) is 0.562. The molecule has 0 aromatic heterocycles. The number of amides is 1. The molecule has 2 atom stereocenters. The minimum atomic E-state index is -0.0681. The van der Waals surface area contributed by atoms with Crippen LogP contribution in [0.5, 0.6) is 5.75 Å². The smallest absolute Gasteiger partial charge is 0.224 e. The van der Waals surface area contributed by atoms with Crippen LogP contribution < -0.4 is 15.4 Å². The quantitative estimate of drug-likeness (QED) is 0.805. The molecular formula is C16H26N2O2. The maximum Gasteiger partial charge on any atom is 0.224 e. The molecular weight excluding hydrogens is 252 g/mol. The van der Waals surface area contributed by atoms with Gasteiger partial charge in [0.2, 0.25) is 5.91 Å². The van der Waals surface area contributed by atoms with Crippen molar-refractivity contribution in [2.45, 2.75) is 33.7 Å². The molecule has 1 rings (SSSR count). The third-order valence-electron chi connectivity index (χ3n) is 3.36. The normalized spacial score (nSPS) is 13.7. The van der Waals surface area contributed by atoms with Crippen molar-refractivity contribution in [3.05, 3.63) is 29.3 Å². The van der Waals surface area contributed by atoms with Gasteiger partial charge < -0.3 is 15.4 Å². The van der Waals surface area contributed by atoms with Crippen molar-refractivity contribution in [3.8, 4) is 5.75 Å². The summed E-state index contributed by atoms with van der Waals surface area (Å²) in [4.78, 5) is 12.1. The van der Waals surface area contributed by atoms with Gasteiger partial charge in [-0.2, -0.15) is 0 Å². The summed E-state index contributed by atoms with van der Waals surface area (Å²) in [6.07, 6.45) is 0. The Labute approximate surface area is 121 Å². The second kappa shape index (κ2) is 7.90. The first-order valence-corrected chi connectivity index (χ1v) is 7.15. The van der Waals surface area contributed by atoms with Gasteiger partial charge in [-0.15, -0.1) is 0 Å². The minimum absolute atomic E-state index is 0.0480. The SMILES string of the molecule is CCNCC(C)C(=O)NC(C)c1cc(C)ccc1OC. The number of ether oxygens (including phenoxy) is 1. The number of benzene rings is 1. The predicted molar refractivity (Wildman–Crippen MR) is 82.0 cm³/mol. The van der Waals surface area contributed by atoms with Gasteiger partial charge in [-0.1, -0.05) is 31.5 Å². The molecule has 2 unspecified atom stereocenters. The van der Waals surface area contributed by atoms with Gasteiger partial charge in [0, 0.05) is 18.0 Å². The summed E-state index contributed by atoms with van der Waals surface area (Å²) < 4.78 is 5.36. The van der Waals surface area contributed by atoms with Crippen molar-refractivity contribution in [3.63, 3.8) is 0 Å². The number of hydrogen-bond donors (Lipinski definition) is 2. The molecule has 0 spiro atoms. The van der Waals surface area contributed by atoms with Crippen molar-refractivity contribution in [1.82, 2.24) is 10.6 Å². The molecule has 4 heteroatoms. The average molecular weight is 278 g/mol. The Morgan fingerprint density at radius 3 is 2.65 bits per heavy atom. The van der Waals surface area contributed by atoms with E-state index in [0.717, 1.165) is 23.4 Å². The van der Waals surface area contributed by atoms with Crippen LogP contribution in [0.3, 0.4) is 0 Å². The topological polar surface area (TPSA) is 50.4 Å². The number of methoxy groups -OCH3 is 1. The van der Waals surface area contributed by atoms with Gasteiger partial charge in [0.05, 0.1) is 13.2 Å². The first kappa shape index (κ1) is 16.5. The monoisotopic (exact) mass is 278 g/mol. The highest BCUT2D eigenvalue weighted by molar-refractivity contribution is 5.79. The molecule has 0 saturated carbocycles. The van der Waals surface area contributed by atoms with Crippen molar-refractivity contribution >= 4 is 5.91 Å². The summed E-state index contributed by atoms with van der Waals surface area (Å²) in [7, 11) is 1.65. The molecule has 2 N–H and O–H groups in total. The van der Waals surface area contributed by atoms with Gasteiger partial charge in [-0.05, 0) is 26.5 Å². The van der Waals surface area contributed by atoms with Gasteiger partial charge in [0.15, 0.2) is 0 Å². The van der Waals surface area contributed by atoms with E-state index in [2.05, 4.69) is 16.7 Å². The summed E-state index contributed by atoms with van der Waals surface area (Å²) in [5.41, 5.74) is 2.17. The van der Waals surface area contributed by atoms with Crippen LogP contribution >= 0.6 is 0 Å². The van der Waals surface area contributed by atoms with E-state index in [4.69, 9.17) is 4.74 Å². The molecule has 0 radical (unpaired) electrons. The molecule has 0 aliphatic carbocycles. The molecule has 20 heavy (non-hydrogen) atoms. The highest BCUT2D eigenvalue weighted by Gasteiger charge is 2.18. The molecule has 0 fully saturated rings. The molecule has 0 aliphatic heterocycles. The summed E-state index contributed by atoms with van der Waals surface area (Å²) in [6.45, 7) is 9.54. The van der Waals surface area contributed by atoms with E-state index in [1.165, 1.54) is 0 Å². The van der Waals surface area contributed by atoms with E-state index in [-0.39, 0.29) is 17.9 Å². The number of aryl methyl sites for hydroxylation is 1. The van der Waals surface area contributed by atoms with E-state index in [9.17, 15) is 4.79 Å². The van der Waals surface area contributed by atoms with Gasteiger partial charge in [-0.3, -0.25) is 4.79 Å². The molecule has 1 aromatic rings. The molecule has 0 bridgehead atoms. The standard InChI is InChI=1S/C16H26N2O2/c1-6-17-10-12(3)16(19)18-13(4)14-9-11(2)7-8-15(14)20-5/h7-9,12-13,17H,6,10H2,1-5H3,(H,18,19). The number of carbonyl (C=O) groups excluding carboxylic acids is 1. The lowest BCUT2D eigenvalue weighted by atomic mass is 10.0. The Hall–Kier alpha value is -1.55. The molecule has 4 nitrogen and oxygen atoms in total. The first-order chi connectivity index (χ1) is 9.49. The van der Waals surface area contributed by atoms with Gasteiger partial charge >= 0.3 is 0 Å².